The Labute approximate surface area is 182 Å². The smallest absolute Gasteiger partial charge is 0.262 e. The topological polar surface area (TPSA) is 151 Å². The molecule has 3 aromatic rings. The van der Waals surface area contributed by atoms with Crippen molar-refractivity contribution < 1.29 is 0 Å². The lowest BCUT2D eigenvalue weighted by Crippen LogP contribution is -2.31. The Hall–Kier alpha value is -2.62. The van der Waals surface area contributed by atoms with Gasteiger partial charge in [0.15, 0.2) is 5.82 Å². The fraction of sp³-hybridized carbons (Fsp3) is 0.368. The molecule has 2 aromatic heterocycles. The largest absolute Gasteiger partial charge is 0.382 e. The van der Waals surface area contributed by atoms with Gasteiger partial charge in [-0.3, -0.25) is 9.36 Å². The highest BCUT2D eigenvalue weighted by Gasteiger charge is 2.36. The first kappa shape index (κ1) is 20.6. The first-order chi connectivity index (χ1) is 14.4. The van der Waals surface area contributed by atoms with Gasteiger partial charge in [0.05, 0.1) is 22.0 Å². The summed E-state index contributed by atoms with van der Waals surface area (Å²) >= 11 is 12.6. The van der Waals surface area contributed by atoms with Gasteiger partial charge in [-0.1, -0.05) is 29.3 Å². The van der Waals surface area contributed by atoms with Crippen molar-refractivity contribution in [2.45, 2.75) is 31.8 Å². The number of rotatable bonds is 7. The average Bonchev–Trinajstić information content (AvgIpc) is 3.54. The van der Waals surface area contributed by atoms with E-state index in [2.05, 4.69) is 15.3 Å². The van der Waals surface area contributed by atoms with Crippen LogP contribution in [0.4, 0.5) is 17.6 Å². The van der Waals surface area contributed by atoms with Crippen molar-refractivity contribution in [3.63, 3.8) is 0 Å². The highest BCUT2D eigenvalue weighted by atomic mass is 35.5. The molecule has 0 radical (unpaired) electrons. The van der Waals surface area contributed by atoms with Crippen LogP contribution in [0.3, 0.4) is 0 Å². The van der Waals surface area contributed by atoms with E-state index in [-0.39, 0.29) is 34.3 Å². The monoisotopic (exact) mass is 448 g/mol. The van der Waals surface area contributed by atoms with E-state index in [9.17, 15) is 4.79 Å². The predicted octanol–water partition coefficient (Wildman–Crippen LogP) is 2.57. The molecule has 1 atom stereocenters. The predicted molar refractivity (Wildman–Crippen MR) is 120 cm³/mol. The zero-order valence-electron chi connectivity index (χ0n) is 16.1. The molecule has 1 unspecified atom stereocenters. The number of hydrogen-bond acceptors (Lipinski definition) is 8. The number of fused-ring (bicyclic) bond motifs is 1. The van der Waals surface area contributed by atoms with Gasteiger partial charge < -0.3 is 22.5 Å². The molecule has 0 amide bonds. The van der Waals surface area contributed by atoms with Gasteiger partial charge in [-0.25, -0.2) is 4.98 Å². The highest BCUT2D eigenvalue weighted by Crippen LogP contribution is 2.43. The first-order valence-electron chi connectivity index (χ1n) is 9.64. The van der Waals surface area contributed by atoms with Crippen molar-refractivity contribution >= 4 is 51.7 Å². The van der Waals surface area contributed by atoms with Crippen LogP contribution < -0.4 is 28.1 Å². The molecule has 4 rings (SSSR count). The van der Waals surface area contributed by atoms with E-state index in [1.165, 1.54) is 0 Å². The van der Waals surface area contributed by atoms with Crippen LogP contribution in [0.15, 0.2) is 23.0 Å². The molecule has 1 aliphatic carbocycles. The minimum atomic E-state index is -0.315. The van der Waals surface area contributed by atoms with E-state index in [1.54, 1.807) is 22.8 Å². The number of halogens is 2. The Morgan fingerprint density at radius 2 is 1.97 bits per heavy atom. The lowest BCUT2D eigenvalue weighted by molar-refractivity contribution is 0.530. The van der Waals surface area contributed by atoms with Crippen LogP contribution in [-0.4, -0.2) is 26.1 Å². The zero-order valence-corrected chi connectivity index (χ0v) is 17.6. The molecule has 2 heterocycles. The first-order valence-corrected chi connectivity index (χ1v) is 10.4. The second-order valence-electron chi connectivity index (χ2n) is 7.29. The van der Waals surface area contributed by atoms with Crippen LogP contribution in [0.1, 0.15) is 31.1 Å². The van der Waals surface area contributed by atoms with Gasteiger partial charge in [0, 0.05) is 6.54 Å². The summed E-state index contributed by atoms with van der Waals surface area (Å²) in [6, 6.07) is 4.91. The molecule has 0 spiro atoms. The van der Waals surface area contributed by atoms with E-state index < -0.39 is 0 Å². The van der Waals surface area contributed by atoms with Gasteiger partial charge in [-0.2, -0.15) is 9.97 Å². The maximum absolute atomic E-state index is 13.3. The summed E-state index contributed by atoms with van der Waals surface area (Å²) < 4.78 is 1.64. The Morgan fingerprint density at radius 1 is 1.20 bits per heavy atom. The number of nitrogens with two attached hydrogens (primary N) is 3. The molecular formula is C19H22Cl2N8O. The van der Waals surface area contributed by atoms with Crippen molar-refractivity contribution in [3.8, 4) is 0 Å². The number of nitrogens with zero attached hydrogens (tertiary/aromatic N) is 4. The Morgan fingerprint density at radius 3 is 2.67 bits per heavy atom. The summed E-state index contributed by atoms with van der Waals surface area (Å²) in [7, 11) is 0. The minimum Gasteiger partial charge on any atom is -0.382 e. The molecule has 1 aliphatic rings. The fourth-order valence-corrected chi connectivity index (χ4v) is 3.88. The molecule has 158 valence electrons. The number of nitrogens with one attached hydrogen (secondary N) is 1. The molecule has 1 saturated carbocycles. The quantitative estimate of drug-likeness (QED) is 0.430. The zero-order chi connectivity index (χ0) is 21.4. The summed E-state index contributed by atoms with van der Waals surface area (Å²) in [5.74, 6) is 1.24. The van der Waals surface area contributed by atoms with E-state index >= 15 is 0 Å². The van der Waals surface area contributed by atoms with Crippen molar-refractivity contribution in [1.82, 2.24) is 19.5 Å². The van der Waals surface area contributed by atoms with Crippen LogP contribution in [0.25, 0.3) is 10.9 Å². The van der Waals surface area contributed by atoms with Gasteiger partial charge in [-0.15, -0.1) is 0 Å². The molecule has 1 aromatic carbocycles. The van der Waals surface area contributed by atoms with Crippen LogP contribution >= 0.6 is 23.2 Å². The van der Waals surface area contributed by atoms with Crippen LogP contribution in [0.2, 0.25) is 10.0 Å². The normalized spacial score (nSPS) is 14.8. The SMILES string of the molecule is NCCCn1c(C(Nc2nc(N)nc(N)c2Cl)C2CC2)nc2cccc(Cl)c2c1=O. The lowest BCUT2D eigenvalue weighted by Gasteiger charge is -2.23. The molecule has 30 heavy (non-hydrogen) atoms. The third-order valence-electron chi connectivity index (χ3n) is 5.11. The standard InChI is InChI=1S/C19H22Cl2N8O/c20-10-3-1-4-11-12(10)18(30)29(8-2-7-22)17(25-11)14(9-5-6-9)26-16-13(21)15(23)27-19(24)28-16/h1,3-4,9,14H,2,5-8,22H2,(H5,23,24,26,27,28). The van der Waals surface area contributed by atoms with Crippen molar-refractivity contribution in [3.05, 3.63) is 44.4 Å². The van der Waals surface area contributed by atoms with Crippen molar-refractivity contribution in [2.75, 3.05) is 23.3 Å². The Bertz CT molecular complexity index is 1160. The molecule has 1 fully saturated rings. The number of nitrogen functional groups attached to an aromatic ring is 2. The molecular weight excluding hydrogens is 427 g/mol. The van der Waals surface area contributed by atoms with Crippen molar-refractivity contribution in [1.29, 1.82) is 0 Å². The van der Waals surface area contributed by atoms with E-state index in [0.29, 0.717) is 47.1 Å². The molecule has 7 N–H and O–H groups in total. The van der Waals surface area contributed by atoms with Crippen LogP contribution in [-0.2, 0) is 6.54 Å². The summed E-state index contributed by atoms with van der Waals surface area (Å²) in [5.41, 5.74) is 17.6. The summed E-state index contributed by atoms with van der Waals surface area (Å²) in [6.45, 7) is 0.865. The molecule has 11 heteroatoms. The van der Waals surface area contributed by atoms with Gasteiger partial charge in [0.25, 0.3) is 5.56 Å². The lowest BCUT2D eigenvalue weighted by atomic mass is 10.1. The second kappa shape index (κ2) is 8.25. The second-order valence-corrected chi connectivity index (χ2v) is 8.08. The van der Waals surface area contributed by atoms with E-state index in [4.69, 9.17) is 45.4 Å². The molecule has 0 saturated heterocycles. The average molecular weight is 449 g/mol. The molecule has 0 aliphatic heterocycles. The van der Waals surface area contributed by atoms with Crippen LogP contribution in [0.5, 0.6) is 0 Å². The maximum Gasteiger partial charge on any atom is 0.262 e. The van der Waals surface area contributed by atoms with Gasteiger partial charge in [0.2, 0.25) is 5.95 Å². The van der Waals surface area contributed by atoms with Gasteiger partial charge >= 0.3 is 0 Å². The Kier molecular flexibility index (Phi) is 5.68. The van der Waals surface area contributed by atoms with Gasteiger partial charge in [0.1, 0.15) is 16.7 Å². The van der Waals surface area contributed by atoms with Crippen molar-refractivity contribution in [2.24, 2.45) is 11.7 Å². The third kappa shape index (κ3) is 3.88. The minimum absolute atomic E-state index is 0.00715. The van der Waals surface area contributed by atoms with E-state index in [1.807, 2.05) is 0 Å². The van der Waals surface area contributed by atoms with Gasteiger partial charge in [-0.05, 0) is 43.9 Å². The Balaban J connectivity index is 1.87. The van der Waals surface area contributed by atoms with Crippen LogP contribution in [0, 0.1) is 5.92 Å². The number of hydrogen-bond donors (Lipinski definition) is 4. The molecule has 9 nitrogen and oxygen atoms in total. The van der Waals surface area contributed by atoms with E-state index in [0.717, 1.165) is 12.8 Å². The third-order valence-corrected chi connectivity index (χ3v) is 5.79. The number of aromatic nitrogens is 4. The summed E-state index contributed by atoms with van der Waals surface area (Å²) in [5, 5.41) is 4.24. The fourth-order valence-electron chi connectivity index (χ4n) is 3.49. The molecule has 0 bridgehead atoms. The highest BCUT2D eigenvalue weighted by molar-refractivity contribution is 6.35. The maximum atomic E-state index is 13.3. The number of benzene rings is 1. The summed E-state index contributed by atoms with van der Waals surface area (Å²) in [6.07, 6.45) is 2.58. The summed E-state index contributed by atoms with van der Waals surface area (Å²) in [4.78, 5) is 26.2. The number of anilines is 3.